The van der Waals surface area contributed by atoms with Crippen LogP contribution < -0.4 is 0 Å². The molecule has 0 radical (unpaired) electrons. The van der Waals surface area contributed by atoms with Crippen molar-refractivity contribution < 1.29 is 0 Å². The van der Waals surface area contributed by atoms with Gasteiger partial charge in [0.25, 0.3) is 0 Å². The molecular formula is C21H40S4. The van der Waals surface area contributed by atoms with Crippen LogP contribution in [0.5, 0.6) is 0 Å². The summed E-state index contributed by atoms with van der Waals surface area (Å²) >= 11 is 8.51. The van der Waals surface area contributed by atoms with E-state index in [0.29, 0.717) is 5.41 Å². The molecule has 4 atom stereocenters. The Kier molecular flexibility index (Phi) is 8.84. The summed E-state index contributed by atoms with van der Waals surface area (Å²) in [6, 6.07) is 0. The van der Waals surface area contributed by atoms with Gasteiger partial charge in [-0.3, -0.25) is 0 Å². The van der Waals surface area contributed by atoms with Gasteiger partial charge in [0.15, 0.2) is 0 Å². The van der Waals surface area contributed by atoms with Gasteiger partial charge < -0.3 is 0 Å². The number of hydrogen-bond donors (Lipinski definition) is 0. The zero-order valence-electron chi connectivity index (χ0n) is 17.6. The predicted molar refractivity (Wildman–Crippen MR) is 127 cm³/mol. The van der Waals surface area contributed by atoms with E-state index in [4.69, 9.17) is 0 Å². The minimum atomic E-state index is 0.476. The molecule has 2 saturated carbocycles. The lowest BCUT2D eigenvalue weighted by atomic mass is 9.59. The van der Waals surface area contributed by atoms with Crippen molar-refractivity contribution >= 4 is 47.0 Å². The molecule has 0 saturated heterocycles. The second kappa shape index (κ2) is 9.74. The molecule has 2 rings (SSSR count). The van der Waals surface area contributed by atoms with Crippen LogP contribution in [0.2, 0.25) is 0 Å². The van der Waals surface area contributed by atoms with E-state index in [1.54, 1.807) is 0 Å². The third-order valence-electron chi connectivity index (χ3n) is 7.73. The van der Waals surface area contributed by atoms with Crippen LogP contribution in [0.1, 0.15) is 53.4 Å². The first-order valence-electron chi connectivity index (χ1n) is 9.91. The van der Waals surface area contributed by atoms with Gasteiger partial charge in [0.05, 0.1) is 0 Å². The van der Waals surface area contributed by atoms with Crippen LogP contribution >= 0.6 is 47.0 Å². The Labute approximate surface area is 175 Å². The summed E-state index contributed by atoms with van der Waals surface area (Å²) in [5, 5.41) is 3.41. The molecule has 2 fully saturated rings. The van der Waals surface area contributed by atoms with E-state index in [1.165, 1.54) is 25.7 Å². The summed E-state index contributed by atoms with van der Waals surface area (Å²) in [6.07, 6.45) is 15.1. The summed E-state index contributed by atoms with van der Waals surface area (Å²) in [6.45, 7) is 10.2. The molecule has 0 N–H and O–H groups in total. The number of thioether (sulfide) groups is 4. The second-order valence-electron chi connectivity index (χ2n) is 8.97. The zero-order chi connectivity index (χ0) is 18.8. The topological polar surface area (TPSA) is 0 Å². The highest BCUT2D eigenvalue weighted by Crippen LogP contribution is 2.54. The Hall–Kier alpha value is 1.40. The van der Waals surface area contributed by atoms with Crippen LogP contribution in [0.3, 0.4) is 0 Å². The van der Waals surface area contributed by atoms with E-state index in [9.17, 15) is 0 Å². The van der Waals surface area contributed by atoms with Crippen LogP contribution in [0.15, 0.2) is 0 Å². The summed E-state index contributed by atoms with van der Waals surface area (Å²) in [7, 11) is 0. The van der Waals surface area contributed by atoms with E-state index in [2.05, 4.69) is 99.8 Å². The first kappa shape index (κ1) is 22.7. The fourth-order valence-electron chi connectivity index (χ4n) is 5.44. The van der Waals surface area contributed by atoms with E-state index in [-0.39, 0.29) is 0 Å². The van der Waals surface area contributed by atoms with Gasteiger partial charge in [0.1, 0.15) is 0 Å². The minimum absolute atomic E-state index is 0.476. The van der Waals surface area contributed by atoms with Gasteiger partial charge in [0.2, 0.25) is 0 Å². The Morgan fingerprint density at radius 1 is 0.560 bits per heavy atom. The Morgan fingerprint density at radius 3 is 1.00 bits per heavy atom. The maximum Gasteiger partial charge on any atom is 0.00833 e. The third-order valence-corrected chi connectivity index (χ3v) is 12.6. The fraction of sp³-hybridized carbons (Fsp3) is 1.00. The lowest BCUT2D eigenvalue weighted by molar-refractivity contribution is 0.0500. The highest BCUT2D eigenvalue weighted by molar-refractivity contribution is 8.00. The van der Waals surface area contributed by atoms with Crippen LogP contribution in [0, 0.1) is 29.1 Å². The largest absolute Gasteiger partial charge is 0.162 e. The summed E-state index contributed by atoms with van der Waals surface area (Å²) in [5.74, 6) is 3.51. The van der Waals surface area contributed by atoms with Gasteiger partial charge in [-0.15, -0.1) is 0 Å². The van der Waals surface area contributed by atoms with Crippen molar-refractivity contribution in [1.82, 2.24) is 0 Å². The molecule has 0 aliphatic heterocycles. The van der Waals surface area contributed by atoms with Crippen LogP contribution in [-0.2, 0) is 0 Å². The normalized spacial score (nSPS) is 43.2. The van der Waals surface area contributed by atoms with Gasteiger partial charge in [0, 0.05) is 21.0 Å². The molecule has 0 nitrogen and oxygen atoms in total. The maximum atomic E-state index is 2.62. The highest BCUT2D eigenvalue weighted by atomic mass is 32.2. The van der Waals surface area contributed by atoms with Crippen molar-refractivity contribution in [3.63, 3.8) is 0 Å². The monoisotopic (exact) mass is 420 g/mol. The predicted octanol–water partition coefficient (Wildman–Crippen LogP) is 7.03. The van der Waals surface area contributed by atoms with Crippen LogP contribution in [0.25, 0.3) is 0 Å². The summed E-state index contributed by atoms with van der Waals surface area (Å²) in [4.78, 5) is 0. The smallest absolute Gasteiger partial charge is 0.00833 e. The molecule has 0 amide bonds. The molecule has 25 heavy (non-hydrogen) atoms. The first-order valence-corrected chi connectivity index (χ1v) is 15.1. The minimum Gasteiger partial charge on any atom is -0.162 e. The average Bonchev–Trinajstić information content (AvgIpc) is 2.61. The average molecular weight is 421 g/mol. The first-order chi connectivity index (χ1) is 11.8. The van der Waals surface area contributed by atoms with Crippen molar-refractivity contribution in [2.45, 2.75) is 74.4 Å². The second-order valence-corrected chi connectivity index (χ2v) is 13.3. The molecular weight excluding hydrogens is 380 g/mol. The number of rotatable bonds is 6. The van der Waals surface area contributed by atoms with Gasteiger partial charge in [-0.25, -0.2) is 0 Å². The van der Waals surface area contributed by atoms with Crippen molar-refractivity contribution in [2.75, 3.05) is 25.0 Å². The van der Waals surface area contributed by atoms with E-state index < -0.39 is 0 Å². The Balaban J connectivity index is 2.18. The lowest BCUT2D eigenvalue weighted by Crippen LogP contribution is -2.47. The summed E-state index contributed by atoms with van der Waals surface area (Å²) < 4.78 is 0. The standard InChI is InChI=1S/C21H40S4/c1-13-17(22-5)9-15(10-18(13)23-6)21(3,4)16-11-19(24-7)14(2)20(12-16)25-8/h13-20H,9-12H2,1-8H3. The molecule has 0 bridgehead atoms. The molecule has 4 heteroatoms. The molecule has 0 spiro atoms. The Morgan fingerprint density at radius 2 is 0.800 bits per heavy atom. The van der Waals surface area contributed by atoms with Crippen molar-refractivity contribution in [1.29, 1.82) is 0 Å². The Bertz CT molecular complexity index is 347. The third kappa shape index (κ3) is 4.88. The molecule has 0 heterocycles. The molecule has 148 valence electrons. The molecule has 4 unspecified atom stereocenters. The molecule has 2 aliphatic carbocycles. The van der Waals surface area contributed by atoms with Gasteiger partial charge >= 0.3 is 0 Å². The van der Waals surface area contributed by atoms with Crippen LogP contribution in [-0.4, -0.2) is 46.0 Å². The van der Waals surface area contributed by atoms with Crippen molar-refractivity contribution in [3.05, 3.63) is 0 Å². The maximum absolute atomic E-state index is 2.62. The van der Waals surface area contributed by atoms with Gasteiger partial charge in [-0.1, -0.05) is 27.7 Å². The molecule has 0 aromatic heterocycles. The van der Waals surface area contributed by atoms with Gasteiger partial charge in [-0.2, -0.15) is 47.0 Å². The quantitative estimate of drug-likeness (QED) is 0.452. The van der Waals surface area contributed by atoms with E-state index >= 15 is 0 Å². The highest BCUT2D eigenvalue weighted by Gasteiger charge is 2.47. The zero-order valence-corrected chi connectivity index (χ0v) is 20.8. The fourth-order valence-corrected chi connectivity index (χ4v) is 9.82. The van der Waals surface area contributed by atoms with E-state index in [0.717, 1.165) is 44.7 Å². The summed E-state index contributed by atoms with van der Waals surface area (Å²) in [5.41, 5.74) is 0.476. The van der Waals surface area contributed by atoms with Crippen molar-refractivity contribution in [3.8, 4) is 0 Å². The lowest BCUT2D eigenvalue weighted by Gasteiger charge is -2.52. The van der Waals surface area contributed by atoms with Crippen molar-refractivity contribution in [2.24, 2.45) is 29.1 Å². The number of hydrogen-bond acceptors (Lipinski definition) is 4. The molecule has 0 aromatic rings. The molecule has 2 aliphatic rings. The van der Waals surface area contributed by atoms with Crippen LogP contribution in [0.4, 0.5) is 0 Å². The molecule has 0 aromatic carbocycles. The van der Waals surface area contributed by atoms with E-state index in [1.807, 2.05) is 0 Å². The van der Waals surface area contributed by atoms with Gasteiger partial charge in [-0.05, 0) is 79.8 Å². The SMILES string of the molecule is CSC1CC(C(C)(C)C2CC(SC)C(C)C(SC)C2)CC(SC)C1C.